The quantitative estimate of drug-likeness (QED) is 0.312. The third-order valence-electron chi connectivity index (χ3n) is 6.51. The number of anilines is 3. The third kappa shape index (κ3) is 5.10. The second-order valence-electron chi connectivity index (χ2n) is 8.74. The summed E-state index contributed by atoms with van der Waals surface area (Å²) in [6.45, 7) is 6.64. The summed E-state index contributed by atoms with van der Waals surface area (Å²) in [5.74, 6) is 1.68. The molecule has 2 aromatic heterocycles. The number of benzene rings is 2. The van der Waals surface area contributed by atoms with E-state index in [4.69, 9.17) is 26.3 Å². The summed E-state index contributed by atoms with van der Waals surface area (Å²) in [5.41, 5.74) is 4.60. The van der Waals surface area contributed by atoms with Crippen molar-refractivity contribution in [1.29, 1.82) is 0 Å². The molecule has 1 atom stereocenters. The normalized spacial score (nSPS) is 15.3. The molecular weight excluding hydrogens is 493 g/mol. The number of ether oxygens (including phenoxy) is 1. The molecule has 5 rings (SSSR count). The van der Waals surface area contributed by atoms with Gasteiger partial charge < -0.3 is 19.9 Å². The maximum absolute atomic E-state index is 13.7. The van der Waals surface area contributed by atoms with E-state index in [0.717, 1.165) is 60.1 Å². The summed E-state index contributed by atoms with van der Waals surface area (Å²) in [4.78, 5) is 16.3. The first-order valence-corrected chi connectivity index (χ1v) is 12.7. The van der Waals surface area contributed by atoms with E-state index in [1.807, 2.05) is 37.3 Å². The second kappa shape index (κ2) is 10.7. The lowest BCUT2D eigenvalue weighted by Gasteiger charge is -2.37. The van der Waals surface area contributed by atoms with Crippen LogP contribution in [0.3, 0.4) is 0 Å². The molecule has 8 nitrogen and oxygen atoms in total. The first kappa shape index (κ1) is 25.0. The maximum Gasteiger partial charge on any atom is 0.229 e. The minimum atomic E-state index is -0.253. The summed E-state index contributed by atoms with van der Waals surface area (Å²) in [7, 11) is 1.62. The lowest BCUT2D eigenvalue weighted by Crippen LogP contribution is -2.37. The van der Waals surface area contributed by atoms with Gasteiger partial charge in [-0.1, -0.05) is 30.7 Å². The Morgan fingerprint density at radius 2 is 1.95 bits per heavy atom. The van der Waals surface area contributed by atoms with Crippen LogP contribution in [0.4, 0.5) is 21.8 Å². The van der Waals surface area contributed by atoms with E-state index in [0.29, 0.717) is 16.9 Å². The zero-order valence-corrected chi connectivity index (χ0v) is 21.8. The maximum atomic E-state index is 13.7. The van der Waals surface area contributed by atoms with Crippen LogP contribution in [0.15, 0.2) is 55.0 Å². The van der Waals surface area contributed by atoms with Gasteiger partial charge in [-0.25, -0.2) is 14.4 Å². The molecule has 3 heterocycles. The first-order valence-electron chi connectivity index (χ1n) is 12.3. The lowest BCUT2D eigenvalue weighted by atomic mass is 9.92. The van der Waals surface area contributed by atoms with Crippen molar-refractivity contribution in [2.45, 2.75) is 26.3 Å². The van der Waals surface area contributed by atoms with Gasteiger partial charge in [0, 0.05) is 36.6 Å². The summed E-state index contributed by atoms with van der Waals surface area (Å²) in [5, 5.41) is 7.17. The van der Waals surface area contributed by atoms with Crippen LogP contribution < -0.4 is 15.4 Å². The SMILES string of the molecule is CCNc1nc(Nc2ccc(-n3cnc(Cl)c3)c(OC)c2)nc2c1CCN(CC)C2c1ccc(F)cc1. The van der Waals surface area contributed by atoms with E-state index < -0.39 is 0 Å². The Labute approximate surface area is 220 Å². The standard InChI is InChI=1S/C27H29ClFN7O/c1-4-30-26-20-12-13-35(5-2)25(17-6-8-18(29)9-7-17)24(20)33-27(34-26)32-19-10-11-21(22(14-19)37-3)36-15-23(28)31-16-36/h6-11,14-16,25H,4-5,12-13H2,1-3H3,(H2,30,32,33,34). The fourth-order valence-electron chi connectivity index (χ4n) is 4.78. The van der Waals surface area contributed by atoms with Crippen molar-refractivity contribution < 1.29 is 9.13 Å². The number of likely N-dealkylation sites (N-methyl/N-ethyl adjacent to an activating group) is 1. The average Bonchev–Trinajstić information content (AvgIpc) is 3.34. The number of halogens is 2. The summed E-state index contributed by atoms with van der Waals surface area (Å²) >= 11 is 6.00. The Kier molecular flexibility index (Phi) is 7.25. The molecule has 0 amide bonds. The lowest BCUT2D eigenvalue weighted by molar-refractivity contribution is 0.220. The topological polar surface area (TPSA) is 80.1 Å². The van der Waals surface area contributed by atoms with Gasteiger partial charge in [-0.05, 0) is 49.7 Å². The van der Waals surface area contributed by atoms with Gasteiger partial charge in [0.05, 0.1) is 24.5 Å². The highest BCUT2D eigenvalue weighted by atomic mass is 35.5. The van der Waals surface area contributed by atoms with Gasteiger partial charge >= 0.3 is 0 Å². The highest BCUT2D eigenvalue weighted by molar-refractivity contribution is 6.29. The highest BCUT2D eigenvalue weighted by Gasteiger charge is 2.32. The van der Waals surface area contributed by atoms with Crippen LogP contribution in [0.2, 0.25) is 5.15 Å². The van der Waals surface area contributed by atoms with Crippen molar-refractivity contribution in [2.75, 3.05) is 37.4 Å². The minimum Gasteiger partial charge on any atom is -0.494 e. The van der Waals surface area contributed by atoms with Gasteiger partial charge in [0.15, 0.2) is 0 Å². The van der Waals surface area contributed by atoms with Crippen molar-refractivity contribution in [3.05, 3.63) is 82.8 Å². The van der Waals surface area contributed by atoms with Gasteiger partial charge in [0.1, 0.15) is 28.9 Å². The molecule has 37 heavy (non-hydrogen) atoms. The van der Waals surface area contributed by atoms with E-state index in [-0.39, 0.29) is 11.9 Å². The molecule has 1 aliphatic heterocycles. The first-order chi connectivity index (χ1) is 18.0. The Morgan fingerprint density at radius 3 is 2.62 bits per heavy atom. The molecule has 0 fully saturated rings. The summed E-state index contributed by atoms with van der Waals surface area (Å²) < 4.78 is 21.2. The molecule has 0 spiro atoms. The highest BCUT2D eigenvalue weighted by Crippen LogP contribution is 2.38. The van der Waals surface area contributed by atoms with E-state index >= 15 is 0 Å². The van der Waals surface area contributed by atoms with Crippen molar-refractivity contribution >= 4 is 29.1 Å². The fourth-order valence-corrected chi connectivity index (χ4v) is 4.93. The van der Waals surface area contributed by atoms with E-state index in [1.165, 1.54) is 12.1 Å². The van der Waals surface area contributed by atoms with Crippen LogP contribution in [0.25, 0.3) is 5.69 Å². The minimum absolute atomic E-state index is 0.0989. The molecule has 2 N–H and O–H groups in total. The number of aromatic nitrogens is 4. The van der Waals surface area contributed by atoms with E-state index in [2.05, 4.69) is 27.4 Å². The van der Waals surface area contributed by atoms with Crippen molar-refractivity contribution in [2.24, 2.45) is 0 Å². The van der Waals surface area contributed by atoms with E-state index in [1.54, 1.807) is 24.2 Å². The summed E-state index contributed by atoms with van der Waals surface area (Å²) in [6, 6.07) is 12.3. The Morgan fingerprint density at radius 1 is 1.14 bits per heavy atom. The van der Waals surface area contributed by atoms with Crippen LogP contribution in [0, 0.1) is 5.82 Å². The number of hydrogen-bond donors (Lipinski definition) is 2. The molecule has 0 saturated heterocycles. The number of nitrogens with one attached hydrogen (secondary N) is 2. The molecule has 1 aliphatic rings. The number of nitrogens with zero attached hydrogens (tertiary/aromatic N) is 5. The van der Waals surface area contributed by atoms with Crippen LogP contribution in [-0.4, -0.2) is 51.2 Å². The number of rotatable bonds is 8. The molecule has 0 saturated carbocycles. The monoisotopic (exact) mass is 521 g/mol. The van der Waals surface area contributed by atoms with Gasteiger partial charge in [0.2, 0.25) is 5.95 Å². The molecule has 0 radical (unpaired) electrons. The van der Waals surface area contributed by atoms with Crippen molar-refractivity contribution in [3.8, 4) is 11.4 Å². The van der Waals surface area contributed by atoms with Gasteiger partial charge in [-0.15, -0.1) is 0 Å². The van der Waals surface area contributed by atoms with Gasteiger partial charge in [-0.3, -0.25) is 4.90 Å². The predicted octanol–water partition coefficient (Wildman–Crippen LogP) is 5.61. The average molecular weight is 522 g/mol. The molecule has 0 bridgehead atoms. The molecule has 192 valence electrons. The Bertz CT molecular complexity index is 1390. The smallest absolute Gasteiger partial charge is 0.229 e. The Hall–Kier alpha value is -3.69. The van der Waals surface area contributed by atoms with Gasteiger partial charge in [0.25, 0.3) is 0 Å². The number of fused-ring (bicyclic) bond motifs is 1. The summed E-state index contributed by atoms with van der Waals surface area (Å²) in [6.07, 6.45) is 4.19. The van der Waals surface area contributed by atoms with Crippen LogP contribution in [0.5, 0.6) is 5.75 Å². The zero-order chi connectivity index (χ0) is 25.9. The predicted molar refractivity (Wildman–Crippen MR) is 144 cm³/mol. The number of methoxy groups -OCH3 is 1. The molecule has 1 unspecified atom stereocenters. The van der Waals surface area contributed by atoms with Crippen molar-refractivity contribution in [3.63, 3.8) is 0 Å². The van der Waals surface area contributed by atoms with Gasteiger partial charge in [-0.2, -0.15) is 4.98 Å². The van der Waals surface area contributed by atoms with E-state index in [9.17, 15) is 4.39 Å². The third-order valence-corrected chi connectivity index (χ3v) is 6.71. The molecule has 4 aromatic rings. The van der Waals surface area contributed by atoms with Crippen LogP contribution in [0.1, 0.15) is 36.7 Å². The van der Waals surface area contributed by atoms with Crippen LogP contribution in [-0.2, 0) is 6.42 Å². The number of imidazole rings is 1. The molecule has 0 aliphatic carbocycles. The molecular formula is C27H29ClFN7O. The largest absolute Gasteiger partial charge is 0.494 e. The zero-order valence-electron chi connectivity index (χ0n) is 21.0. The molecule has 2 aromatic carbocycles. The van der Waals surface area contributed by atoms with Crippen molar-refractivity contribution in [1.82, 2.24) is 24.4 Å². The fraction of sp³-hybridized carbons (Fsp3) is 0.296. The second-order valence-corrected chi connectivity index (χ2v) is 9.13. The van der Waals surface area contributed by atoms with Crippen LogP contribution >= 0.6 is 11.6 Å². The number of hydrogen-bond acceptors (Lipinski definition) is 7. The Balaban J connectivity index is 1.55. The molecule has 10 heteroatoms.